The first-order valence-corrected chi connectivity index (χ1v) is 9.25. The Morgan fingerprint density at radius 2 is 2.40 bits per heavy atom. The summed E-state index contributed by atoms with van der Waals surface area (Å²) in [4.78, 5) is 16.4. The lowest BCUT2D eigenvalue weighted by Gasteiger charge is -2.27. The molecule has 0 N–H and O–H groups in total. The fourth-order valence-electron chi connectivity index (χ4n) is 3.61. The van der Waals surface area contributed by atoms with Crippen LogP contribution in [0.4, 0.5) is 0 Å². The molecule has 108 valence electrons. The van der Waals surface area contributed by atoms with Gasteiger partial charge in [0.25, 0.3) is 0 Å². The van der Waals surface area contributed by atoms with Crippen LogP contribution in [-0.4, -0.2) is 42.9 Å². The predicted molar refractivity (Wildman–Crippen MR) is 82.3 cm³/mol. The van der Waals surface area contributed by atoms with Crippen molar-refractivity contribution >= 4 is 29.0 Å². The van der Waals surface area contributed by atoms with E-state index < -0.39 is 0 Å². The van der Waals surface area contributed by atoms with Gasteiger partial charge in [-0.1, -0.05) is 0 Å². The number of thioether (sulfide) groups is 1. The molecule has 20 heavy (non-hydrogen) atoms. The van der Waals surface area contributed by atoms with Crippen LogP contribution in [0.3, 0.4) is 0 Å². The zero-order chi connectivity index (χ0) is 13.6. The molecule has 3 aliphatic heterocycles. The normalized spacial score (nSPS) is 32.8. The fraction of sp³-hybridized carbons (Fsp3) is 0.667. The lowest BCUT2D eigenvalue weighted by atomic mass is 9.87. The second kappa shape index (κ2) is 5.04. The molecule has 1 spiro atoms. The number of carbonyl (C=O) groups is 1. The number of likely N-dealkylation sites (tertiary alicyclic amines) is 1. The summed E-state index contributed by atoms with van der Waals surface area (Å²) in [6.07, 6.45) is 3.37. The number of nitrogens with zero attached hydrogens (tertiary/aromatic N) is 1. The van der Waals surface area contributed by atoms with E-state index in [2.05, 4.69) is 16.3 Å². The van der Waals surface area contributed by atoms with E-state index >= 15 is 0 Å². The Kier molecular flexibility index (Phi) is 3.32. The van der Waals surface area contributed by atoms with Crippen LogP contribution in [0.1, 0.15) is 28.5 Å². The summed E-state index contributed by atoms with van der Waals surface area (Å²) in [5.41, 5.74) is 1.55. The maximum Gasteiger partial charge on any atom is 0.240 e. The zero-order valence-corrected chi connectivity index (χ0v) is 13.1. The summed E-state index contributed by atoms with van der Waals surface area (Å²) >= 11 is 3.62. The molecule has 4 rings (SSSR count). The van der Waals surface area contributed by atoms with Crippen LogP contribution in [0.2, 0.25) is 0 Å². The van der Waals surface area contributed by atoms with Gasteiger partial charge in [0.2, 0.25) is 5.91 Å². The molecule has 5 heteroatoms. The molecule has 1 aromatic rings. The van der Waals surface area contributed by atoms with Gasteiger partial charge in [-0.2, -0.15) is 0 Å². The van der Waals surface area contributed by atoms with Crippen LogP contribution < -0.4 is 0 Å². The third-order valence-electron chi connectivity index (χ3n) is 4.84. The molecule has 2 fully saturated rings. The van der Waals surface area contributed by atoms with Crippen LogP contribution in [0.5, 0.6) is 0 Å². The van der Waals surface area contributed by atoms with Gasteiger partial charge >= 0.3 is 0 Å². The minimum absolute atomic E-state index is 0.0440. The average molecular weight is 309 g/mol. The first kappa shape index (κ1) is 13.2. The van der Waals surface area contributed by atoms with Crippen LogP contribution in [0, 0.1) is 5.41 Å². The maximum absolute atomic E-state index is 12.9. The summed E-state index contributed by atoms with van der Waals surface area (Å²) in [5, 5.41) is 2.18. The standard InChI is InChI=1S/C15H19NO2S2/c17-14(13-11-1-7-19-12(11)2-8-20-13)16-5-3-15(9-16)4-6-18-10-15/h1,7,13H,2-6,8-10H2/t13-,15-/m0/s1. The Hall–Kier alpha value is -0.520. The Labute approximate surface area is 127 Å². The van der Waals surface area contributed by atoms with Crippen molar-refractivity contribution in [2.75, 3.05) is 32.1 Å². The van der Waals surface area contributed by atoms with Gasteiger partial charge < -0.3 is 9.64 Å². The highest BCUT2D eigenvalue weighted by Crippen LogP contribution is 2.43. The van der Waals surface area contributed by atoms with Crippen LogP contribution in [-0.2, 0) is 16.0 Å². The lowest BCUT2D eigenvalue weighted by molar-refractivity contribution is -0.130. The summed E-state index contributed by atoms with van der Waals surface area (Å²) < 4.78 is 5.56. The molecule has 0 saturated carbocycles. The molecule has 1 amide bonds. The van der Waals surface area contributed by atoms with Crippen molar-refractivity contribution in [1.82, 2.24) is 4.90 Å². The summed E-state index contributed by atoms with van der Waals surface area (Å²) in [5.74, 6) is 1.41. The van der Waals surface area contributed by atoms with E-state index in [4.69, 9.17) is 4.74 Å². The van der Waals surface area contributed by atoms with Gasteiger partial charge in [-0.05, 0) is 42.0 Å². The molecule has 2 atom stereocenters. The van der Waals surface area contributed by atoms with Gasteiger partial charge in [-0.25, -0.2) is 0 Å². The fourth-order valence-corrected chi connectivity index (χ4v) is 5.99. The van der Waals surface area contributed by atoms with E-state index in [0.29, 0.717) is 5.91 Å². The zero-order valence-electron chi connectivity index (χ0n) is 11.5. The number of rotatable bonds is 1. The molecule has 0 radical (unpaired) electrons. The SMILES string of the molecule is O=C([C@H]1SCCc2sccc21)N1CC[C@]2(CCOC2)C1. The summed E-state index contributed by atoms with van der Waals surface area (Å²) in [7, 11) is 0. The Morgan fingerprint density at radius 1 is 1.45 bits per heavy atom. The number of amides is 1. The third kappa shape index (κ3) is 2.11. The first-order valence-electron chi connectivity index (χ1n) is 7.32. The lowest BCUT2D eigenvalue weighted by Crippen LogP contribution is -2.35. The molecular formula is C15H19NO2S2. The van der Waals surface area contributed by atoms with Crippen molar-refractivity contribution in [2.45, 2.75) is 24.5 Å². The molecule has 0 aromatic carbocycles. The number of thiophene rings is 1. The number of fused-ring (bicyclic) bond motifs is 1. The van der Waals surface area contributed by atoms with Crippen molar-refractivity contribution in [3.8, 4) is 0 Å². The minimum atomic E-state index is 0.0440. The van der Waals surface area contributed by atoms with Gasteiger partial charge in [0.15, 0.2) is 0 Å². The van der Waals surface area contributed by atoms with Crippen LogP contribution in [0.15, 0.2) is 11.4 Å². The van der Waals surface area contributed by atoms with E-state index in [9.17, 15) is 4.79 Å². The highest BCUT2D eigenvalue weighted by molar-refractivity contribution is 8.00. The maximum atomic E-state index is 12.9. The number of hydrogen-bond acceptors (Lipinski definition) is 4. The molecule has 3 aliphatic rings. The molecule has 1 aromatic heterocycles. The summed E-state index contributed by atoms with van der Waals surface area (Å²) in [6, 6.07) is 2.15. The molecule has 0 unspecified atom stereocenters. The Balaban J connectivity index is 1.52. The van der Waals surface area contributed by atoms with E-state index in [1.54, 1.807) is 11.3 Å². The van der Waals surface area contributed by atoms with Gasteiger partial charge in [0.05, 0.1) is 6.61 Å². The molecule has 4 heterocycles. The molecule has 2 saturated heterocycles. The third-order valence-corrected chi connectivity index (χ3v) is 7.06. The first-order chi connectivity index (χ1) is 9.77. The van der Waals surface area contributed by atoms with E-state index in [-0.39, 0.29) is 10.7 Å². The monoisotopic (exact) mass is 309 g/mol. The molecular weight excluding hydrogens is 290 g/mol. The largest absolute Gasteiger partial charge is 0.381 e. The van der Waals surface area contributed by atoms with Gasteiger partial charge in [-0.3, -0.25) is 4.79 Å². The number of carbonyl (C=O) groups excluding carboxylic acids is 1. The highest BCUT2D eigenvalue weighted by Gasteiger charge is 2.44. The highest BCUT2D eigenvalue weighted by atomic mass is 32.2. The average Bonchev–Trinajstić information content (AvgIpc) is 3.19. The number of ether oxygens (including phenoxy) is 1. The minimum Gasteiger partial charge on any atom is -0.381 e. The van der Waals surface area contributed by atoms with Gasteiger partial charge in [0.1, 0.15) is 5.25 Å². The summed E-state index contributed by atoms with van der Waals surface area (Å²) in [6.45, 7) is 3.54. The van der Waals surface area contributed by atoms with E-state index in [1.165, 1.54) is 10.4 Å². The molecule has 3 nitrogen and oxygen atoms in total. The van der Waals surface area contributed by atoms with Gasteiger partial charge in [0, 0.05) is 30.0 Å². The Morgan fingerprint density at radius 3 is 3.25 bits per heavy atom. The topological polar surface area (TPSA) is 29.5 Å². The van der Waals surface area contributed by atoms with Gasteiger partial charge in [-0.15, -0.1) is 23.1 Å². The predicted octanol–water partition coefficient (Wildman–Crippen LogP) is 2.72. The molecule has 0 bridgehead atoms. The Bertz CT molecular complexity index is 522. The van der Waals surface area contributed by atoms with Crippen molar-refractivity contribution in [3.05, 3.63) is 21.9 Å². The molecule has 0 aliphatic carbocycles. The van der Waals surface area contributed by atoms with Crippen molar-refractivity contribution < 1.29 is 9.53 Å². The van der Waals surface area contributed by atoms with Crippen LogP contribution in [0.25, 0.3) is 0 Å². The van der Waals surface area contributed by atoms with Crippen molar-refractivity contribution in [3.63, 3.8) is 0 Å². The van der Waals surface area contributed by atoms with Crippen molar-refractivity contribution in [2.24, 2.45) is 5.41 Å². The van der Waals surface area contributed by atoms with Crippen molar-refractivity contribution in [1.29, 1.82) is 0 Å². The van der Waals surface area contributed by atoms with E-state index in [0.717, 1.165) is 51.3 Å². The van der Waals surface area contributed by atoms with Crippen LogP contribution >= 0.6 is 23.1 Å². The smallest absolute Gasteiger partial charge is 0.240 e. The second-order valence-corrected chi connectivity index (χ2v) is 8.33. The second-order valence-electron chi connectivity index (χ2n) is 6.11. The van der Waals surface area contributed by atoms with E-state index in [1.807, 2.05) is 11.8 Å². The quantitative estimate of drug-likeness (QED) is 0.799. The number of hydrogen-bond donors (Lipinski definition) is 0. The number of aryl methyl sites for hydroxylation is 1.